The molecule has 1 heterocycles. The maximum absolute atomic E-state index is 4.68. The van der Waals surface area contributed by atoms with Crippen molar-refractivity contribution in [3.8, 4) is 11.3 Å². The Balaban J connectivity index is 2.31. The third-order valence-electron chi connectivity index (χ3n) is 3.91. The lowest BCUT2D eigenvalue weighted by Crippen LogP contribution is -1.94. The molecule has 0 saturated carbocycles. The number of aryl methyl sites for hydroxylation is 2. The fourth-order valence-corrected chi connectivity index (χ4v) is 2.59. The van der Waals surface area contributed by atoms with Gasteiger partial charge in [-0.15, -0.1) is 0 Å². The Hall–Kier alpha value is -2.15. The first kappa shape index (κ1) is 11.9. The minimum atomic E-state index is 1.10. The Morgan fingerprint density at radius 3 is 2.42 bits per heavy atom. The van der Waals surface area contributed by atoms with Crippen molar-refractivity contribution < 1.29 is 0 Å². The quantitative estimate of drug-likeness (QED) is 0.600. The summed E-state index contributed by atoms with van der Waals surface area (Å²) in [5, 5.41) is 2.49. The zero-order chi connectivity index (χ0) is 13.4. The van der Waals surface area contributed by atoms with E-state index in [9.17, 15) is 0 Å². The minimum Gasteiger partial charge on any atom is -0.255 e. The van der Waals surface area contributed by atoms with Crippen LogP contribution in [-0.2, 0) is 0 Å². The van der Waals surface area contributed by atoms with Crippen LogP contribution in [-0.4, -0.2) is 4.98 Å². The topological polar surface area (TPSA) is 12.9 Å². The summed E-state index contributed by atoms with van der Waals surface area (Å²) < 4.78 is 0. The van der Waals surface area contributed by atoms with Crippen LogP contribution in [0.15, 0.2) is 48.7 Å². The fourth-order valence-electron chi connectivity index (χ4n) is 2.59. The molecule has 0 spiro atoms. The van der Waals surface area contributed by atoms with E-state index in [0.29, 0.717) is 0 Å². The molecule has 0 saturated heterocycles. The molecular weight excluding hydrogens is 230 g/mol. The molecule has 3 rings (SSSR count). The Morgan fingerprint density at radius 1 is 0.789 bits per heavy atom. The Morgan fingerprint density at radius 2 is 1.58 bits per heavy atom. The first-order valence-corrected chi connectivity index (χ1v) is 6.59. The van der Waals surface area contributed by atoms with E-state index in [4.69, 9.17) is 0 Å². The average Bonchev–Trinajstić information content (AvgIpc) is 2.43. The lowest BCUT2D eigenvalue weighted by molar-refractivity contribution is 1.26. The van der Waals surface area contributed by atoms with E-state index < -0.39 is 0 Å². The van der Waals surface area contributed by atoms with Gasteiger partial charge in [0, 0.05) is 17.1 Å². The summed E-state index contributed by atoms with van der Waals surface area (Å²) in [6, 6.07) is 14.8. The molecule has 19 heavy (non-hydrogen) atoms. The summed E-state index contributed by atoms with van der Waals surface area (Å²) >= 11 is 0. The van der Waals surface area contributed by atoms with Crippen molar-refractivity contribution in [3.05, 3.63) is 65.4 Å². The van der Waals surface area contributed by atoms with Crippen molar-refractivity contribution in [3.63, 3.8) is 0 Å². The van der Waals surface area contributed by atoms with Gasteiger partial charge in [-0.1, -0.05) is 42.5 Å². The standard InChI is InChI=1S/C18H17N/c1-12-7-6-10-17(13(12)2)18-14(3)16-9-5-4-8-15(16)11-19-18/h4-11H,1-3H3. The van der Waals surface area contributed by atoms with Gasteiger partial charge >= 0.3 is 0 Å². The lowest BCUT2D eigenvalue weighted by atomic mass is 9.96. The van der Waals surface area contributed by atoms with Gasteiger partial charge in [-0.2, -0.15) is 0 Å². The molecule has 1 aromatic heterocycles. The molecule has 0 aliphatic carbocycles. The van der Waals surface area contributed by atoms with E-state index in [1.807, 2.05) is 6.20 Å². The number of hydrogen-bond acceptors (Lipinski definition) is 1. The predicted octanol–water partition coefficient (Wildman–Crippen LogP) is 4.83. The number of rotatable bonds is 1. The van der Waals surface area contributed by atoms with Crippen molar-refractivity contribution in [2.75, 3.05) is 0 Å². The highest BCUT2D eigenvalue weighted by Crippen LogP contribution is 2.30. The van der Waals surface area contributed by atoms with Crippen LogP contribution in [0.3, 0.4) is 0 Å². The summed E-state index contributed by atoms with van der Waals surface area (Å²) in [6.45, 7) is 6.47. The van der Waals surface area contributed by atoms with Crippen molar-refractivity contribution in [2.24, 2.45) is 0 Å². The summed E-state index contributed by atoms with van der Waals surface area (Å²) in [7, 11) is 0. The van der Waals surface area contributed by atoms with Gasteiger partial charge in [-0.25, -0.2) is 0 Å². The highest BCUT2D eigenvalue weighted by molar-refractivity contribution is 5.89. The van der Waals surface area contributed by atoms with Gasteiger partial charge in [0.25, 0.3) is 0 Å². The Labute approximate surface area is 113 Å². The largest absolute Gasteiger partial charge is 0.255 e. The number of hydrogen-bond donors (Lipinski definition) is 0. The maximum atomic E-state index is 4.68. The van der Waals surface area contributed by atoms with E-state index in [0.717, 1.165) is 5.69 Å². The van der Waals surface area contributed by atoms with Crippen LogP contribution >= 0.6 is 0 Å². The predicted molar refractivity (Wildman–Crippen MR) is 81.4 cm³/mol. The zero-order valence-electron chi connectivity index (χ0n) is 11.6. The summed E-state index contributed by atoms with van der Waals surface area (Å²) in [5.74, 6) is 0. The highest BCUT2D eigenvalue weighted by Gasteiger charge is 2.10. The molecule has 0 fully saturated rings. The molecule has 0 radical (unpaired) electrons. The third-order valence-corrected chi connectivity index (χ3v) is 3.91. The van der Waals surface area contributed by atoms with Gasteiger partial charge in [0.05, 0.1) is 5.69 Å². The van der Waals surface area contributed by atoms with E-state index >= 15 is 0 Å². The molecule has 0 aliphatic heterocycles. The number of fused-ring (bicyclic) bond motifs is 1. The van der Waals surface area contributed by atoms with Crippen LogP contribution in [0, 0.1) is 20.8 Å². The molecule has 2 aromatic carbocycles. The van der Waals surface area contributed by atoms with Crippen molar-refractivity contribution in [2.45, 2.75) is 20.8 Å². The van der Waals surface area contributed by atoms with Crippen LogP contribution in [0.25, 0.3) is 22.0 Å². The molecule has 0 bridgehead atoms. The van der Waals surface area contributed by atoms with E-state index in [1.165, 1.54) is 33.0 Å². The second-order valence-corrected chi connectivity index (χ2v) is 5.07. The van der Waals surface area contributed by atoms with E-state index in [-0.39, 0.29) is 0 Å². The van der Waals surface area contributed by atoms with Crippen LogP contribution in [0.4, 0.5) is 0 Å². The van der Waals surface area contributed by atoms with Crippen LogP contribution < -0.4 is 0 Å². The minimum absolute atomic E-state index is 1.10. The fraction of sp³-hybridized carbons (Fsp3) is 0.167. The van der Waals surface area contributed by atoms with Crippen molar-refractivity contribution in [1.82, 2.24) is 4.98 Å². The number of nitrogens with zero attached hydrogens (tertiary/aromatic N) is 1. The maximum Gasteiger partial charge on any atom is 0.0740 e. The summed E-state index contributed by atoms with van der Waals surface area (Å²) in [6.07, 6.45) is 1.97. The molecule has 1 nitrogen and oxygen atoms in total. The Kier molecular flexibility index (Phi) is 2.83. The summed E-state index contributed by atoms with van der Waals surface area (Å²) in [5.41, 5.74) is 6.22. The first-order chi connectivity index (χ1) is 9.18. The van der Waals surface area contributed by atoms with Gasteiger partial charge < -0.3 is 0 Å². The van der Waals surface area contributed by atoms with Gasteiger partial charge in [-0.05, 0) is 42.8 Å². The SMILES string of the molecule is Cc1cccc(-c2ncc3ccccc3c2C)c1C. The second-order valence-electron chi connectivity index (χ2n) is 5.07. The molecular formula is C18H17N. The second kappa shape index (κ2) is 4.51. The van der Waals surface area contributed by atoms with Crippen LogP contribution in [0.5, 0.6) is 0 Å². The first-order valence-electron chi connectivity index (χ1n) is 6.59. The smallest absolute Gasteiger partial charge is 0.0740 e. The number of aromatic nitrogens is 1. The number of pyridine rings is 1. The van der Waals surface area contributed by atoms with Crippen molar-refractivity contribution >= 4 is 10.8 Å². The molecule has 1 heteroatoms. The average molecular weight is 247 g/mol. The normalized spacial score (nSPS) is 10.9. The van der Waals surface area contributed by atoms with Gasteiger partial charge in [0.1, 0.15) is 0 Å². The molecule has 3 aromatic rings. The highest BCUT2D eigenvalue weighted by atomic mass is 14.7. The molecule has 0 amide bonds. The molecule has 0 atom stereocenters. The lowest BCUT2D eigenvalue weighted by Gasteiger charge is -2.12. The molecule has 0 unspecified atom stereocenters. The van der Waals surface area contributed by atoms with Gasteiger partial charge in [0.2, 0.25) is 0 Å². The van der Waals surface area contributed by atoms with Crippen LogP contribution in [0.1, 0.15) is 16.7 Å². The van der Waals surface area contributed by atoms with Crippen molar-refractivity contribution in [1.29, 1.82) is 0 Å². The zero-order valence-corrected chi connectivity index (χ0v) is 11.6. The van der Waals surface area contributed by atoms with Crippen LogP contribution in [0.2, 0.25) is 0 Å². The molecule has 94 valence electrons. The van der Waals surface area contributed by atoms with E-state index in [1.54, 1.807) is 0 Å². The van der Waals surface area contributed by atoms with Gasteiger partial charge in [0.15, 0.2) is 0 Å². The number of benzene rings is 2. The third kappa shape index (κ3) is 1.91. The summed E-state index contributed by atoms with van der Waals surface area (Å²) in [4.78, 5) is 4.68. The van der Waals surface area contributed by atoms with Gasteiger partial charge in [-0.3, -0.25) is 4.98 Å². The molecule has 0 N–H and O–H groups in total. The Bertz CT molecular complexity index is 757. The van der Waals surface area contributed by atoms with E-state index in [2.05, 4.69) is 68.2 Å². The molecule has 0 aliphatic rings. The monoisotopic (exact) mass is 247 g/mol.